The molecule has 0 fully saturated rings. The molecule has 1 aromatic heterocycles. The van der Waals surface area contributed by atoms with E-state index in [2.05, 4.69) is 10.2 Å². The molecular weight excluding hydrogens is 170 g/mol. The first-order valence-electron chi connectivity index (χ1n) is 3.96. The predicted octanol–water partition coefficient (Wildman–Crippen LogP) is 0.466. The van der Waals surface area contributed by atoms with Crippen molar-refractivity contribution in [1.29, 1.82) is 0 Å². The fraction of sp³-hybridized carbons (Fsp3) is 0.375. The standard InChI is InChI=1S/C8H11N3O2/c1-3-7-6(8(12)11-13)4-5(2)9-10-7/h4,13H,3H2,1-2H3,(H,11,12). The van der Waals surface area contributed by atoms with Crippen LogP contribution in [0.15, 0.2) is 6.07 Å². The van der Waals surface area contributed by atoms with Crippen LogP contribution in [0.2, 0.25) is 0 Å². The summed E-state index contributed by atoms with van der Waals surface area (Å²) >= 11 is 0. The van der Waals surface area contributed by atoms with Gasteiger partial charge in [-0.05, 0) is 19.4 Å². The SMILES string of the molecule is CCc1nnc(C)cc1C(=O)NO. The smallest absolute Gasteiger partial charge is 0.276 e. The van der Waals surface area contributed by atoms with Crippen LogP contribution in [0.3, 0.4) is 0 Å². The number of aromatic nitrogens is 2. The number of hydroxylamine groups is 1. The van der Waals surface area contributed by atoms with Crippen LogP contribution in [0, 0.1) is 6.92 Å². The highest BCUT2D eigenvalue weighted by atomic mass is 16.5. The second-order valence-electron chi connectivity index (χ2n) is 2.64. The van der Waals surface area contributed by atoms with Crippen molar-refractivity contribution >= 4 is 5.91 Å². The Morgan fingerprint density at radius 1 is 1.62 bits per heavy atom. The van der Waals surface area contributed by atoms with E-state index in [1.165, 1.54) is 0 Å². The molecule has 1 amide bonds. The molecule has 0 atom stereocenters. The maximum Gasteiger partial charge on any atom is 0.276 e. The summed E-state index contributed by atoms with van der Waals surface area (Å²) in [6.45, 7) is 3.61. The van der Waals surface area contributed by atoms with Crippen LogP contribution in [-0.2, 0) is 6.42 Å². The summed E-state index contributed by atoms with van der Waals surface area (Å²) in [7, 11) is 0. The molecule has 0 spiro atoms. The number of nitrogens with one attached hydrogen (secondary N) is 1. The van der Waals surface area contributed by atoms with E-state index in [1.54, 1.807) is 18.5 Å². The van der Waals surface area contributed by atoms with Crippen LogP contribution in [0.5, 0.6) is 0 Å². The lowest BCUT2D eigenvalue weighted by atomic mass is 10.1. The number of hydrogen-bond acceptors (Lipinski definition) is 4. The Hall–Kier alpha value is -1.49. The van der Waals surface area contributed by atoms with Gasteiger partial charge in [-0.1, -0.05) is 6.92 Å². The Morgan fingerprint density at radius 2 is 2.31 bits per heavy atom. The number of aryl methyl sites for hydroxylation is 2. The highest BCUT2D eigenvalue weighted by molar-refractivity contribution is 5.94. The van der Waals surface area contributed by atoms with E-state index in [1.807, 2.05) is 6.92 Å². The molecule has 13 heavy (non-hydrogen) atoms. The Balaban J connectivity index is 3.15. The third-order valence-corrected chi connectivity index (χ3v) is 1.67. The lowest BCUT2D eigenvalue weighted by Gasteiger charge is -2.03. The molecular formula is C8H11N3O2. The van der Waals surface area contributed by atoms with Gasteiger partial charge in [0.05, 0.1) is 17.0 Å². The van der Waals surface area contributed by atoms with Gasteiger partial charge in [-0.2, -0.15) is 10.2 Å². The minimum Gasteiger partial charge on any atom is -0.288 e. The topological polar surface area (TPSA) is 75.1 Å². The van der Waals surface area contributed by atoms with Crippen molar-refractivity contribution in [3.8, 4) is 0 Å². The van der Waals surface area contributed by atoms with Gasteiger partial charge < -0.3 is 0 Å². The average molecular weight is 181 g/mol. The highest BCUT2D eigenvalue weighted by Gasteiger charge is 2.11. The zero-order valence-corrected chi connectivity index (χ0v) is 7.53. The van der Waals surface area contributed by atoms with Crippen LogP contribution < -0.4 is 5.48 Å². The Morgan fingerprint density at radius 3 is 2.85 bits per heavy atom. The highest BCUT2D eigenvalue weighted by Crippen LogP contribution is 2.06. The van der Waals surface area contributed by atoms with Gasteiger partial charge in [0.25, 0.3) is 5.91 Å². The summed E-state index contributed by atoms with van der Waals surface area (Å²) in [5.74, 6) is -0.546. The summed E-state index contributed by atoms with van der Waals surface area (Å²) in [5.41, 5.74) is 3.18. The van der Waals surface area contributed by atoms with Gasteiger partial charge in [-0.15, -0.1) is 0 Å². The van der Waals surface area contributed by atoms with Gasteiger partial charge >= 0.3 is 0 Å². The van der Waals surface area contributed by atoms with Crippen molar-refractivity contribution in [3.63, 3.8) is 0 Å². The number of nitrogens with zero attached hydrogens (tertiary/aromatic N) is 2. The first-order valence-corrected chi connectivity index (χ1v) is 3.96. The molecule has 5 nitrogen and oxygen atoms in total. The molecule has 1 rings (SSSR count). The van der Waals surface area contributed by atoms with Gasteiger partial charge in [0.2, 0.25) is 0 Å². The molecule has 0 saturated carbocycles. The van der Waals surface area contributed by atoms with Gasteiger partial charge in [0.1, 0.15) is 0 Å². The molecule has 0 unspecified atom stereocenters. The largest absolute Gasteiger partial charge is 0.288 e. The molecule has 5 heteroatoms. The third kappa shape index (κ3) is 2.00. The van der Waals surface area contributed by atoms with Crippen molar-refractivity contribution in [1.82, 2.24) is 15.7 Å². The number of hydrogen-bond donors (Lipinski definition) is 2. The summed E-state index contributed by atoms with van der Waals surface area (Å²) in [6, 6.07) is 1.59. The fourth-order valence-corrected chi connectivity index (χ4v) is 1.03. The molecule has 1 heterocycles. The van der Waals surface area contributed by atoms with Crippen LogP contribution in [0.4, 0.5) is 0 Å². The molecule has 0 aromatic carbocycles. The number of rotatable bonds is 2. The quantitative estimate of drug-likeness (QED) is 0.513. The number of amides is 1. The second kappa shape index (κ2) is 3.95. The first kappa shape index (κ1) is 9.60. The zero-order chi connectivity index (χ0) is 9.84. The van der Waals surface area contributed by atoms with Gasteiger partial charge in [-0.3, -0.25) is 10.0 Å². The molecule has 0 saturated heterocycles. The van der Waals surface area contributed by atoms with E-state index >= 15 is 0 Å². The van der Waals surface area contributed by atoms with E-state index in [0.717, 1.165) is 0 Å². The molecule has 0 radical (unpaired) electrons. The van der Waals surface area contributed by atoms with Crippen LogP contribution >= 0.6 is 0 Å². The van der Waals surface area contributed by atoms with E-state index in [9.17, 15) is 4.79 Å². The monoisotopic (exact) mass is 181 g/mol. The number of carbonyl (C=O) groups is 1. The van der Waals surface area contributed by atoms with Crippen molar-refractivity contribution in [2.75, 3.05) is 0 Å². The van der Waals surface area contributed by atoms with E-state index in [-0.39, 0.29) is 0 Å². The Kier molecular flexibility index (Phi) is 2.92. The molecule has 2 N–H and O–H groups in total. The van der Waals surface area contributed by atoms with E-state index in [0.29, 0.717) is 23.4 Å². The van der Waals surface area contributed by atoms with Gasteiger partial charge in [0.15, 0.2) is 0 Å². The fourth-order valence-electron chi connectivity index (χ4n) is 1.03. The summed E-state index contributed by atoms with van der Waals surface area (Å²) in [6.07, 6.45) is 0.607. The van der Waals surface area contributed by atoms with Crippen LogP contribution in [-0.4, -0.2) is 21.3 Å². The van der Waals surface area contributed by atoms with Gasteiger partial charge in [-0.25, -0.2) is 5.48 Å². The summed E-state index contributed by atoms with van der Waals surface area (Å²) in [4.78, 5) is 11.1. The third-order valence-electron chi connectivity index (χ3n) is 1.67. The Bertz CT molecular complexity index is 325. The second-order valence-corrected chi connectivity index (χ2v) is 2.64. The van der Waals surface area contributed by atoms with Crippen molar-refractivity contribution in [2.24, 2.45) is 0 Å². The zero-order valence-electron chi connectivity index (χ0n) is 7.53. The van der Waals surface area contributed by atoms with E-state index < -0.39 is 5.91 Å². The van der Waals surface area contributed by atoms with Crippen molar-refractivity contribution in [3.05, 3.63) is 23.0 Å². The van der Waals surface area contributed by atoms with E-state index in [4.69, 9.17) is 5.21 Å². The first-order chi connectivity index (χ1) is 6.19. The maximum absolute atomic E-state index is 11.1. The maximum atomic E-state index is 11.1. The molecule has 0 aliphatic rings. The molecule has 0 aliphatic heterocycles. The minimum atomic E-state index is -0.546. The Labute approximate surface area is 75.8 Å². The molecule has 0 bridgehead atoms. The van der Waals surface area contributed by atoms with Crippen LogP contribution in [0.1, 0.15) is 28.7 Å². The van der Waals surface area contributed by atoms with Crippen molar-refractivity contribution < 1.29 is 10.0 Å². The van der Waals surface area contributed by atoms with Crippen molar-refractivity contribution in [2.45, 2.75) is 20.3 Å². The molecule has 0 aliphatic carbocycles. The predicted molar refractivity (Wildman–Crippen MR) is 45.4 cm³/mol. The minimum absolute atomic E-state index is 0.373. The van der Waals surface area contributed by atoms with Gasteiger partial charge in [0, 0.05) is 0 Å². The normalized spacial score (nSPS) is 9.77. The average Bonchev–Trinajstić information content (AvgIpc) is 2.16. The molecule has 70 valence electrons. The lowest BCUT2D eigenvalue weighted by molar-refractivity contribution is 0.0704. The lowest BCUT2D eigenvalue weighted by Crippen LogP contribution is -2.21. The van der Waals surface area contributed by atoms with Crippen LogP contribution in [0.25, 0.3) is 0 Å². The summed E-state index contributed by atoms with van der Waals surface area (Å²) in [5, 5.41) is 16.1. The molecule has 1 aromatic rings. The summed E-state index contributed by atoms with van der Waals surface area (Å²) < 4.78 is 0. The number of carbonyl (C=O) groups excluding carboxylic acids is 1.